The zero-order chi connectivity index (χ0) is 12.3. The van der Waals surface area contributed by atoms with Crippen molar-refractivity contribution < 1.29 is 4.92 Å². The SMILES string of the molecule is CCC(N)Cc1cc(Cl)c([N+](=O)[O-])cc1C. The molecule has 2 N–H and O–H groups in total. The lowest BCUT2D eigenvalue weighted by Gasteiger charge is -2.11. The molecule has 0 spiro atoms. The molecule has 0 aliphatic rings. The Balaban J connectivity index is 3.05. The van der Waals surface area contributed by atoms with Gasteiger partial charge in [-0.05, 0) is 37.0 Å². The summed E-state index contributed by atoms with van der Waals surface area (Å²) in [4.78, 5) is 10.2. The zero-order valence-electron chi connectivity index (χ0n) is 9.37. The zero-order valence-corrected chi connectivity index (χ0v) is 10.1. The van der Waals surface area contributed by atoms with Crippen LogP contribution in [0.15, 0.2) is 12.1 Å². The molecule has 16 heavy (non-hydrogen) atoms. The molecule has 0 saturated heterocycles. The van der Waals surface area contributed by atoms with Crippen molar-refractivity contribution in [1.82, 2.24) is 0 Å². The summed E-state index contributed by atoms with van der Waals surface area (Å²) >= 11 is 5.84. The van der Waals surface area contributed by atoms with Crippen molar-refractivity contribution in [2.45, 2.75) is 32.7 Å². The largest absolute Gasteiger partial charge is 0.327 e. The van der Waals surface area contributed by atoms with E-state index in [1.165, 1.54) is 6.07 Å². The van der Waals surface area contributed by atoms with Gasteiger partial charge in [-0.25, -0.2) is 0 Å². The number of aryl methyl sites for hydroxylation is 1. The lowest BCUT2D eigenvalue weighted by Crippen LogP contribution is -2.21. The summed E-state index contributed by atoms with van der Waals surface area (Å²) in [5.74, 6) is 0. The van der Waals surface area contributed by atoms with Gasteiger partial charge in [0.1, 0.15) is 5.02 Å². The monoisotopic (exact) mass is 242 g/mol. The van der Waals surface area contributed by atoms with E-state index in [-0.39, 0.29) is 16.8 Å². The third-order valence-electron chi connectivity index (χ3n) is 2.61. The average molecular weight is 243 g/mol. The normalized spacial score (nSPS) is 12.5. The minimum absolute atomic E-state index is 0.0482. The van der Waals surface area contributed by atoms with Crippen LogP contribution in [0.1, 0.15) is 24.5 Å². The third-order valence-corrected chi connectivity index (χ3v) is 2.91. The Morgan fingerprint density at radius 3 is 2.69 bits per heavy atom. The molecule has 4 nitrogen and oxygen atoms in total. The van der Waals surface area contributed by atoms with Gasteiger partial charge in [0, 0.05) is 12.1 Å². The van der Waals surface area contributed by atoms with Crippen LogP contribution < -0.4 is 5.73 Å². The van der Waals surface area contributed by atoms with Gasteiger partial charge >= 0.3 is 0 Å². The quantitative estimate of drug-likeness (QED) is 0.652. The second kappa shape index (κ2) is 5.27. The minimum atomic E-state index is -0.473. The van der Waals surface area contributed by atoms with Crippen LogP contribution >= 0.6 is 11.6 Å². The average Bonchev–Trinajstić information content (AvgIpc) is 2.22. The van der Waals surface area contributed by atoms with E-state index < -0.39 is 4.92 Å². The molecule has 1 aromatic carbocycles. The van der Waals surface area contributed by atoms with E-state index >= 15 is 0 Å². The molecule has 0 amide bonds. The van der Waals surface area contributed by atoms with Gasteiger partial charge in [-0.1, -0.05) is 18.5 Å². The summed E-state index contributed by atoms with van der Waals surface area (Å²) < 4.78 is 0. The van der Waals surface area contributed by atoms with Crippen LogP contribution in [0.3, 0.4) is 0 Å². The molecule has 1 aromatic rings. The Morgan fingerprint density at radius 2 is 2.19 bits per heavy atom. The first-order chi connectivity index (χ1) is 7.45. The van der Waals surface area contributed by atoms with E-state index in [0.717, 1.165) is 17.5 Å². The summed E-state index contributed by atoms with van der Waals surface area (Å²) in [6.45, 7) is 3.84. The first kappa shape index (κ1) is 12.9. The minimum Gasteiger partial charge on any atom is -0.327 e. The van der Waals surface area contributed by atoms with Gasteiger partial charge in [0.2, 0.25) is 0 Å². The number of halogens is 1. The molecule has 88 valence electrons. The lowest BCUT2D eigenvalue weighted by atomic mass is 10.00. The van der Waals surface area contributed by atoms with Gasteiger partial charge in [-0.3, -0.25) is 10.1 Å². The molecule has 0 saturated carbocycles. The van der Waals surface area contributed by atoms with Crippen LogP contribution in [-0.2, 0) is 6.42 Å². The van der Waals surface area contributed by atoms with Crippen LogP contribution in [0.2, 0.25) is 5.02 Å². The molecule has 0 bridgehead atoms. The van der Waals surface area contributed by atoms with Crippen molar-refractivity contribution in [3.63, 3.8) is 0 Å². The van der Waals surface area contributed by atoms with Crippen LogP contribution in [0.25, 0.3) is 0 Å². The molecule has 0 aromatic heterocycles. The van der Waals surface area contributed by atoms with Crippen LogP contribution in [-0.4, -0.2) is 11.0 Å². The van der Waals surface area contributed by atoms with E-state index in [4.69, 9.17) is 17.3 Å². The number of nitro groups is 1. The number of rotatable bonds is 4. The molecule has 1 atom stereocenters. The Hall–Kier alpha value is -1.13. The Labute approximate surface area is 99.6 Å². The Morgan fingerprint density at radius 1 is 1.56 bits per heavy atom. The molecule has 0 heterocycles. The number of nitrogens with two attached hydrogens (primary N) is 1. The fraction of sp³-hybridized carbons (Fsp3) is 0.455. The number of nitro benzene ring substituents is 1. The maximum atomic E-state index is 10.7. The summed E-state index contributed by atoms with van der Waals surface area (Å²) in [5, 5.41) is 10.8. The summed E-state index contributed by atoms with van der Waals surface area (Å²) in [7, 11) is 0. The van der Waals surface area contributed by atoms with E-state index in [0.29, 0.717) is 6.42 Å². The predicted molar refractivity (Wildman–Crippen MR) is 64.8 cm³/mol. The van der Waals surface area contributed by atoms with Crippen molar-refractivity contribution in [3.05, 3.63) is 38.4 Å². The topological polar surface area (TPSA) is 69.2 Å². The molecule has 1 rings (SSSR count). The highest BCUT2D eigenvalue weighted by atomic mass is 35.5. The highest BCUT2D eigenvalue weighted by Gasteiger charge is 2.15. The second-order valence-electron chi connectivity index (χ2n) is 3.86. The smallest absolute Gasteiger partial charge is 0.288 e. The number of benzene rings is 1. The van der Waals surface area contributed by atoms with Crippen molar-refractivity contribution in [2.24, 2.45) is 5.73 Å². The van der Waals surface area contributed by atoms with E-state index in [2.05, 4.69) is 0 Å². The first-order valence-corrected chi connectivity index (χ1v) is 5.52. The highest BCUT2D eigenvalue weighted by Crippen LogP contribution is 2.28. The molecular formula is C11H15ClN2O2. The fourth-order valence-electron chi connectivity index (χ4n) is 1.49. The van der Waals surface area contributed by atoms with Gasteiger partial charge in [-0.2, -0.15) is 0 Å². The van der Waals surface area contributed by atoms with Gasteiger partial charge in [0.25, 0.3) is 5.69 Å². The van der Waals surface area contributed by atoms with Crippen molar-refractivity contribution in [1.29, 1.82) is 0 Å². The maximum absolute atomic E-state index is 10.7. The summed E-state index contributed by atoms with van der Waals surface area (Å²) in [6, 6.07) is 3.21. The highest BCUT2D eigenvalue weighted by molar-refractivity contribution is 6.32. The van der Waals surface area contributed by atoms with Gasteiger partial charge < -0.3 is 5.73 Å². The molecule has 0 radical (unpaired) electrons. The second-order valence-corrected chi connectivity index (χ2v) is 4.27. The van der Waals surface area contributed by atoms with Gasteiger partial charge in [0.05, 0.1) is 4.92 Å². The predicted octanol–water partition coefficient (Wildman–Crippen LogP) is 2.84. The van der Waals surface area contributed by atoms with E-state index in [9.17, 15) is 10.1 Å². The molecule has 0 aliphatic heterocycles. The standard InChI is InChI=1S/C11H15ClN2O2/c1-3-9(13)5-8-6-10(12)11(14(15)16)4-7(8)2/h4,6,9H,3,5,13H2,1-2H3. The van der Waals surface area contributed by atoms with E-state index in [1.54, 1.807) is 6.07 Å². The maximum Gasteiger partial charge on any atom is 0.288 e. The molecular weight excluding hydrogens is 228 g/mol. The molecule has 1 unspecified atom stereocenters. The van der Waals surface area contributed by atoms with Crippen LogP contribution in [0, 0.1) is 17.0 Å². The molecule has 5 heteroatoms. The molecule has 0 aliphatic carbocycles. The van der Waals surface area contributed by atoms with Crippen LogP contribution in [0.4, 0.5) is 5.69 Å². The van der Waals surface area contributed by atoms with Gasteiger partial charge in [-0.15, -0.1) is 0 Å². The van der Waals surface area contributed by atoms with E-state index in [1.807, 2.05) is 13.8 Å². The third kappa shape index (κ3) is 2.93. The number of hydrogen-bond donors (Lipinski definition) is 1. The van der Waals surface area contributed by atoms with Crippen molar-refractivity contribution in [3.8, 4) is 0 Å². The number of hydrogen-bond acceptors (Lipinski definition) is 3. The van der Waals surface area contributed by atoms with Crippen molar-refractivity contribution in [2.75, 3.05) is 0 Å². The first-order valence-electron chi connectivity index (χ1n) is 5.14. The van der Waals surface area contributed by atoms with Crippen molar-refractivity contribution >= 4 is 17.3 Å². The molecule has 0 fully saturated rings. The fourth-order valence-corrected chi connectivity index (χ4v) is 1.75. The van der Waals surface area contributed by atoms with Crippen LogP contribution in [0.5, 0.6) is 0 Å². The number of nitrogens with zero attached hydrogens (tertiary/aromatic N) is 1. The lowest BCUT2D eigenvalue weighted by molar-refractivity contribution is -0.384. The van der Waals surface area contributed by atoms with Gasteiger partial charge in [0.15, 0.2) is 0 Å². The Kier molecular flexibility index (Phi) is 4.26. The summed E-state index contributed by atoms with van der Waals surface area (Å²) in [6.07, 6.45) is 1.56. The summed E-state index contributed by atoms with van der Waals surface area (Å²) in [5.41, 5.74) is 7.63. The Bertz CT molecular complexity index is 407.